The predicted molar refractivity (Wildman–Crippen MR) is 111 cm³/mol. The Morgan fingerprint density at radius 1 is 1.24 bits per heavy atom. The van der Waals surface area contributed by atoms with Gasteiger partial charge >= 0.3 is 0 Å². The van der Waals surface area contributed by atoms with Crippen molar-refractivity contribution >= 4 is 21.6 Å². The topological polar surface area (TPSA) is 84.9 Å². The van der Waals surface area contributed by atoms with Crippen LogP contribution in [0.1, 0.15) is 23.2 Å². The van der Waals surface area contributed by atoms with Gasteiger partial charge in [0.05, 0.1) is 29.3 Å². The molecule has 1 aliphatic heterocycles. The summed E-state index contributed by atoms with van der Waals surface area (Å²) >= 11 is 0. The first-order valence-electron chi connectivity index (χ1n) is 9.49. The smallest absolute Gasteiger partial charge is 0.264 e. The van der Waals surface area contributed by atoms with Crippen molar-refractivity contribution in [2.24, 2.45) is 0 Å². The van der Waals surface area contributed by atoms with Crippen molar-refractivity contribution in [2.75, 3.05) is 31.7 Å². The van der Waals surface area contributed by atoms with Gasteiger partial charge < -0.3 is 14.8 Å². The highest BCUT2D eigenvalue weighted by atomic mass is 32.2. The van der Waals surface area contributed by atoms with Gasteiger partial charge in [0, 0.05) is 26.3 Å². The van der Waals surface area contributed by atoms with Crippen LogP contribution in [-0.2, 0) is 19.5 Å². The third kappa shape index (κ3) is 4.95. The Morgan fingerprint density at radius 2 is 2.00 bits per heavy atom. The minimum atomic E-state index is -3.80. The van der Waals surface area contributed by atoms with E-state index in [1.165, 1.54) is 23.5 Å². The Labute approximate surface area is 171 Å². The zero-order valence-corrected chi connectivity index (χ0v) is 17.4. The number of hydrogen-bond acceptors (Lipinski definition) is 5. The predicted octanol–water partition coefficient (Wildman–Crippen LogP) is 2.44. The maximum absolute atomic E-state index is 13.0. The van der Waals surface area contributed by atoms with Gasteiger partial charge in [-0.3, -0.25) is 9.10 Å². The van der Waals surface area contributed by atoms with Crippen LogP contribution >= 0.6 is 0 Å². The van der Waals surface area contributed by atoms with E-state index in [1.807, 2.05) is 6.07 Å². The molecule has 0 unspecified atom stereocenters. The van der Waals surface area contributed by atoms with Crippen LogP contribution in [0.15, 0.2) is 59.5 Å². The van der Waals surface area contributed by atoms with E-state index >= 15 is 0 Å². The average molecular weight is 419 g/mol. The molecule has 8 heteroatoms. The molecule has 1 aliphatic rings. The molecule has 0 radical (unpaired) electrons. The minimum absolute atomic E-state index is 0.0527. The zero-order valence-electron chi connectivity index (χ0n) is 16.6. The Hall–Kier alpha value is -2.42. The summed E-state index contributed by atoms with van der Waals surface area (Å²) in [5.41, 5.74) is 0.813. The Balaban J connectivity index is 1.80. The molecule has 0 spiro atoms. The summed E-state index contributed by atoms with van der Waals surface area (Å²) in [4.78, 5) is 12.8. The van der Waals surface area contributed by atoms with Crippen molar-refractivity contribution in [1.29, 1.82) is 0 Å². The highest BCUT2D eigenvalue weighted by Crippen LogP contribution is 2.22. The molecule has 1 heterocycles. The highest BCUT2D eigenvalue weighted by molar-refractivity contribution is 7.92. The Bertz CT molecular complexity index is 927. The third-order valence-electron chi connectivity index (χ3n) is 4.95. The third-order valence-corrected chi connectivity index (χ3v) is 6.73. The fraction of sp³-hybridized carbons (Fsp3) is 0.381. The number of carbonyl (C=O) groups excluding carboxylic acids is 1. The van der Waals surface area contributed by atoms with E-state index in [0.29, 0.717) is 18.9 Å². The maximum atomic E-state index is 13.0. The molecule has 3 rings (SSSR count). The lowest BCUT2D eigenvalue weighted by Gasteiger charge is -2.24. The lowest BCUT2D eigenvalue weighted by atomic mass is 10.1. The molecule has 29 heavy (non-hydrogen) atoms. The molecule has 1 amide bonds. The number of rotatable bonds is 8. The van der Waals surface area contributed by atoms with E-state index < -0.39 is 10.0 Å². The summed E-state index contributed by atoms with van der Waals surface area (Å²) in [6.45, 7) is 0.992. The summed E-state index contributed by atoms with van der Waals surface area (Å²) < 4.78 is 38.1. The van der Waals surface area contributed by atoms with Gasteiger partial charge in [-0.05, 0) is 43.2 Å². The molecule has 1 saturated heterocycles. The molecule has 2 aromatic carbocycles. The number of benzene rings is 2. The largest absolute Gasteiger partial charge is 0.382 e. The Kier molecular flexibility index (Phi) is 6.89. The number of amides is 1. The number of sulfonamides is 1. The number of methoxy groups -OCH3 is 1. The normalized spacial score (nSPS) is 17.7. The molecule has 0 bridgehead atoms. The summed E-state index contributed by atoms with van der Waals surface area (Å²) in [6.07, 6.45) is 1.69. The SMILES string of the molecule is COC[C@@H](NC(=O)c1cccc(S(=O)(=O)N(C)c2ccccc2)c1)[C@H]1CCCO1. The van der Waals surface area contributed by atoms with Crippen LogP contribution < -0.4 is 9.62 Å². The molecule has 2 atom stereocenters. The van der Waals surface area contributed by atoms with E-state index in [-0.39, 0.29) is 28.5 Å². The fourth-order valence-electron chi connectivity index (χ4n) is 3.33. The number of carbonyl (C=O) groups is 1. The second-order valence-corrected chi connectivity index (χ2v) is 8.89. The first kappa shape index (κ1) is 21.3. The first-order valence-corrected chi connectivity index (χ1v) is 10.9. The van der Waals surface area contributed by atoms with E-state index in [4.69, 9.17) is 9.47 Å². The molecule has 0 aromatic heterocycles. The van der Waals surface area contributed by atoms with Gasteiger partial charge in [-0.2, -0.15) is 0 Å². The number of ether oxygens (including phenoxy) is 2. The molecule has 7 nitrogen and oxygen atoms in total. The van der Waals surface area contributed by atoms with Crippen molar-refractivity contribution in [3.63, 3.8) is 0 Å². The molecular formula is C21H26N2O5S. The highest BCUT2D eigenvalue weighted by Gasteiger charge is 2.28. The van der Waals surface area contributed by atoms with Gasteiger partial charge in [0.15, 0.2) is 0 Å². The molecule has 1 N–H and O–H groups in total. The number of hydrogen-bond donors (Lipinski definition) is 1. The van der Waals surface area contributed by atoms with Gasteiger partial charge in [0.2, 0.25) is 0 Å². The van der Waals surface area contributed by atoms with Gasteiger partial charge in [0.25, 0.3) is 15.9 Å². The van der Waals surface area contributed by atoms with Crippen LogP contribution in [-0.4, -0.2) is 53.8 Å². The van der Waals surface area contributed by atoms with E-state index in [1.54, 1.807) is 43.5 Å². The van der Waals surface area contributed by atoms with Crippen LogP contribution in [0.5, 0.6) is 0 Å². The van der Waals surface area contributed by atoms with Crippen molar-refractivity contribution in [3.05, 3.63) is 60.2 Å². The first-order chi connectivity index (χ1) is 13.9. The van der Waals surface area contributed by atoms with Crippen LogP contribution in [0.4, 0.5) is 5.69 Å². The summed E-state index contributed by atoms with van der Waals surface area (Å²) in [6, 6.07) is 14.5. The van der Waals surface area contributed by atoms with E-state index in [0.717, 1.165) is 12.8 Å². The number of para-hydroxylation sites is 1. The van der Waals surface area contributed by atoms with E-state index in [2.05, 4.69) is 5.32 Å². The Morgan fingerprint density at radius 3 is 2.66 bits per heavy atom. The molecule has 156 valence electrons. The summed E-state index contributed by atoms with van der Waals surface area (Å²) in [5.74, 6) is -0.359. The molecular weight excluding hydrogens is 392 g/mol. The number of anilines is 1. The van der Waals surface area contributed by atoms with Gasteiger partial charge in [0.1, 0.15) is 0 Å². The van der Waals surface area contributed by atoms with Crippen LogP contribution in [0, 0.1) is 0 Å². The fourth-order valence-corrected chi connectivity index (χ4v) is 4.57. The quantitative estimate of drug-likeness (QED) is 0.712. The summed E-state index contributed by atoms with van der Waals surface area (Å²) in [7, 11) is -0.739. The van der Waals surface area contributed by atoms with Crippen molar-refractivity contribution in [2.45, 2.75) is 29.9 Å². The maximum Gasteiger partial charge on any atom is 0.264 e. The standard InChI is InChI=1S/C21H26N2O5S/c1-23(17-9-4-3-5-10-17)29(25,26)18-11-6-8-16(14-18)21(24)22-19(15-27-2)20-12-7-13-28-20/h3-6,8-11,14,19-20H,7,12-13,15H2,1-2H3,(H,22,24)/t19-,20-/m1/s1. The second kappa shape index (κ2) is 9.39. The molecule has 1 fully saturated rings. The minimum Gasteiger partial charge on any atom is -0.382 e. The van der Waals surface area contributed by atoms with Crippen LogP contribution in [0.3, 0.4) is 0 Å². The monoisotopic (exact) mass is 418 g/mol. The van der Waals surface area contributed by atoms with Crippen molar-refractivity contribution in [3.8, 4) is 0 Å². The summed E-state index contributed by atoms with van der Waals surface area (Å²) in [5, 5.41) is 2.92. The molecule has 2 aromatic rings. The zero-order chi connectivity index (χ0) is 20.9. The number of nitrogens with one attached hydrogen (secondary N) is 1. The van der Waals surface area contributed by atoms with Crippen molar-refractivity contribution < 1.29 is 22.7 Å². The van der Waals surface area contributed by atoms with Gasteiger partial charge in [-0.15, -0.1) is 0 Å². The lowest BCUT2D eigenvalue weighted by Crippen LogP contribution is -2.46. The van der Waals surface area contributed by atoms with Crippen LogP contribution in [0.2, 0.25) is 0 Å². The number of nitrogens with zero attached hydrogens (tertiary/aromatic N) is 1. The van der Waals surface area contributed by atoms with Crippen LogP contribution in [0.25, 0.3) is 0 Å². The van der Waals surface area contributed by atoms with Gasteiger partial charge in [-0.1, -0.05) is 24.3 Å². The van der Waals surface area contributed by atoms with Gasteiger partial charge in [-0.25, -0.2) is 8.42 Å². The lowest BCUT2D eigenvalue weighted by molar-refractivity contribution is 0.0403. The average Bonchev–Trinajstić information content (AvgIpc) is 3.28. The second-order valence-electron chi connectivity index (χ2n) is 6.92. The van der Waals surface area contributed by atoms with Crippen molar-refractivity contribution in [1.82, 2.24) is 5.32 Å². The molecule has 0 aliphatic carbocycles. The van der Waals surface area contributed by atoms with E-state index in [9.17, 15) is 13.2 Å². The molecule has 0 saturated carbocycles.